The minimum Gasteiger partial charge on any atom is -0.493 e. The van der Waals surface area contributed by atoms with Crippen LogP contribution < -0.4 is 9.47 Å². The number of nitrogens with zero attached hydrogens (tertiary/aromatic N) is 2. The minimum atomic E-state index is -0.489. The van der Waals surface area contributed by atoms with Gasteiger partial charge in [-0.05, 0) is 55.0 Å². The Morgan fingerprint density at radius 3 is 2.31 bits per heavy atom. The smallest absolute Gasteiger partial charge is 0.349 e. The summed E-state index contributed by atoms with van der Waals surface area (Å²) in [6, 6.07) is 31.2. The van der Waals surface area contributed by atoms with Gasteiger partial charge in [-0.1, -0.05) is 78.5 Å². The zero-order valence-electron chi connectivity index (χ0n) is 19.5. The van der Waals surface area contributed by atoms with E-state index >= 15 is 0 Å². The van der Waals surface area contributed by atoms with Crippen LogP contribution in [0.4, 0.5) is 0 Å². The van der Waals surface area contributed by atoms with Gasteiger partial charge in [0.25, 0.3) is 0 Å². The molecule has 0 aliphatic heterocycles. The van der Waals surface area contributed by atoms with Gasteiger partial charge in [-0.15, -0.1) is 0 Å². The van der Waals surface area contributed by atoms with Gasteiger partial charge in [0.1, 0.15) is 11.3 Å². The molecule has 0 N–H and O–H groups in total. The van der Waals surface area contributed by atoms with E-state index in [9.17, 15) is 4.79 Å². The Morgan fingerprint density at radius 2 is 1.57 bits per heavy atom. The first-order chi connectivity index (χ1) is 17.2. The van der Waals surface area contributed by atoms with Gasteiger partial charge in [0.05, 0.1) is 22.9 Å². The van der Waals surface area contributed by atoms with Gasteiger partial charge < -0.3 is 9.47 Å². The Bertz CT molecular complexity index is 1480. The number of carbonyl (C=O) groups is 1. The number of carbonyl (C=O) groups excluding carboxylic acids is 1. The van der Waals surface area contributed by atoms with Crippen molar-refractivity contribution < 1.29 is 14.3 Å². The first-order valence-electron chi connectivity index (χ1n) is 11.4. The third-order valence-electron chi connectivity index (χ3n) is 5.51. The van der Waals surface area contributed by atoms with E-state index < -0.39 is 5.97 Å². The standard InChI is InChI=1S/C29H24N2O3S/c1-3-33-25-19-18-21-12-10-11-17-24(21)26(25)29(32)34-28-27(35-23-15-8-5-9-16-23)20(2)30-31(28)22-13-6-4-7-14-22/h4-19H,3H2,1-2H3. The zero-order valence-corrected chi connectivity index (χ0v) is 20.3. The van der Waals surface area contributed by atoms with Gasteiger partial charge in [-0.2, -0.15) is 9.78 Å². The molecule has 0 spiro atoms. The molecule has 0 aliphatic rings. The highest BCUT2D eigenvalue weighted by molar-refractivity contribution is 7.99. The molecule has 5 rings (SSSR count). The number of aryl methyl sites for hydroxylation is 1. The van der Waals surface area contributed by atoms with Crippen LogP contribution in [0.5, 0.6) is 11.6 Å². The van der Waals surface area contributed by atoms with Gasteiger partial charge in [-0.3, -0.25) is 0 Å². The van der Waals surface area contributed by atoms with E-state index in [2.05, 4.69) is 0 Å². The molecule has 0 amide bonds. The molecule has 1 aromatic heterocycles. The molecule has 0 saturated carbocycles. The number of esters is 1. The Balaban J connectivity index is 1.63. The Kier molecular flexibility index (Phi) is 6.55. The maximum atomic E-state index is 13.8. The van der Waals surface area contributed by atoms with Crippen LogP contribution in [0.25, 0.3) is 16.5 Å². The molecule has 35 heavy (non-hydrogen) atoms. The lowest BCUT2D eigenvalue weighted by atomic mass is 10.0. The van der Waals surface area contributed by atoms with Crippen LogP contribution >= 0.6 is 11.8 Å². The van der Waals surface area contributed by atoms with E-state index in [1.807, 2.05) is 111 Å². The summed E-state index contributed by atoms with van der Waals surface area (Å²) < 4.78 is 13.7. The van der Waals surface area contributed by atoms with E-state index in [0.717, 1.165) is 31.9 Å². The summed E-state index contributed by atoms with van der Waals surface area (Å²) in [4.78, 5) is 15.6. The van der Waals surface area contributed by atoms with Crippen LogP contribution in [0, 0.1) is 6.92 Å². The van der Waals surface area contributed by atoms with E-state index in [0.29, 0.717) is 23.8 Å². The molecule has 0 saturated heterocycles. The lowest BCUT2D eigenvalue weighted by Gasteiger charge is -2.14. The van der Waals surface area contributed by atoms with Crippen molar-refractivity contribution in [2.24, 2.45) is 0 Å². The van der Waals surface area contributed by atoms with Crippen molar-refractivity contribution in [3.8, 4) is 17.3 Å². The molecule has 0 radical (unpaired) electrons. The van der Waals surface area contributed by atoms with E-state index in [-0.39, 0.29) is 0 Å². The third-order valence-corrected chi connectivity index (χ3v) is 6.70. The molecule has 0 atom stereocenters. The van der Waals surface area contributed by atoms with Gasteiger partial charge in [0.15, 0.2) is 0 Å². The van der Waals surface area contributed by atoms with Crippen LogP contribution in [-0.2, 0) is 0 Å². The molecule has 6 heteroatoms. The fourth-order valence-electron chi connectivity index (χ4n) is 3.93. The highest BCUT2D eigenvalue weighted by atomic mass is 32.2. The maximum Gasteiger partial charge on any atom is 0.349 e. The summed E-state index contributed by atoms with van der Waals surface area (Å²) in [5.74, 6) is 0.385. The van der Waals surface area contributed by atoms with Gasteiger partial charge >= 0.3 is 5.97 Å². The predicted octanol–water partition coefficient (Wildman–Crippen LogP) is 7.10. The van der Waals surface area contributed by atoms with Crippen LogP contribution in [0.3, 0.4) is 0 Å². The van der Waals surface area contributed by atoms with Crippen molar-refractivity contribution in [3.63, 3.8) is 0 Å². The average molecular weight is 481 g/mol. The average Bonchev–Trinajstić information content (AvgIpc) is 3.19. The molecule has 1 heterocycles. The van der Waals surface area contributed by atoms with Crippen molar-refractivity contribution >= 4 is 28.5 Å². The number of hydrogen-bond donors (Lipinski definition) is 0. The summed E-state index contributed by atoms with van der Waals surface area (Å²) in [6.45, 7) is 4.26. The highest BCUT2D eigenvalue weighted by Gasteiger charge is 2.25. The number of rotatable bonds is 7. The first-order valence-corrected chi connectivity index (χ1v) is 12.2. The monoisotopic (exact) mass is 480 g/mol. The Hall–Kier alpha value is -4.03. The molecular formula is C29H24N2O3S. The molecule has 5 aromatic rings. The molecule has 0 bridgehead atoms. The largest absolute Gasteiger partial charge is 0.493 e. The van der Waals surface area contributed by atoms with Crippen molar-refractivity contribution in [2.45, 2.75) is 23.6 Å². The predicted molar refractivity (Wildman–Crippen MR) is 139 cm³/mol. The number of para-hydroxylation sites is 1. The number of aromatic nitrogens is 2. The number of benzene rings is 4. The van der Waals surface area contributed by atoms with Crippen LogP contribution in [0.1, 0.15) is 23.0 Å². The molecule has 5 nitrogen and oxygen atoms in total. The summed E-state index contributed by atoms with van der Waals surface area (Å²) in [7, 11) is 0. The van der Waals surface area contributed by atoms with Crippen LogP contribution in [0.15, 0.2) is 107 Å². The molecule has 0 unspecified atom stereocenters. The number of fused-ring (bicyclic) bond motifs is 1. The van der Waals surface area contributed by atoms with E-state index in [1.165, 1.54) is 11.8 Å². The second-order valence-electron chi connectivity index (χ2n) is 7.86. The SMILES string of the molecule is CCOc1ccc2ccccc2c1C(=O)Oc1c(Sc2ccccc2)c(C)nn1-c1ccccc1. The molecule has 4 aromatic carbocycles. The zero-order chi connectivity index (χ0) is 24.2. The van der Waals surface area contributed by atoms with Gasteiger partial charge in [0.2, 0.25) is 5.88 Å². The van der Waals surface area contributed by atoms with Crippen LogP contribution in [0.2, 0.25) is 0 Å². The third kappa shape index (κ3) is 4.66. The number of hydrogen-bond acceptors (Lipinski definition) is 5. The Morgan fingerprint density at radius 1 is 0.886 bits per heavy atom. The van der Waals surface area contributed by atoms with Crippen molar-refractivity contribution in [3.05, 3.63) is 108 Å². The molecule has 0 aliphatic carbocycles. The normalized spacial score (nSPS) is 10.9. The summed E-state index contributed by atoms with van der Waals surface area (Å²) in [6.07, 6.45) is 0. The number of ether oxygens (including phenoxy) is 2. The second kappa shape index (κ2) is 10.1. The summed E-state index contributed by atoms with van der Waals surface area (Å²) in [5.41, 5.74) is 1.98. The lowest BCUT2D eigenvalue weighted by Crippen LogP contribution is -2.14. The molecular weight excluding hydrogens is 456 g/mol. The summed E-state index contributed by atoms with van der Waals surface area (Å²) >= 11 is 1.52. The van der Waals surface area contributed by atoms with Crippen molar-refractivity contribution in [2.75, 3.05) is 6.61 Å². The van der Waals surface area contributed by atoms with E-state index in [1.54, 1.807) is 4.68 Å². The fraction of sp³-hybridized carbons (Fsp3) is 0.103. The quantitative estimate of drug-likeness (QED) is 0.233. The van der Waals surface area contributed by atoms with Gasteiger partial charge in [0, 0.05) is 4.90 Å². The second-order valence-corrected chi connectivity index (χ2v) is 8.95. The van der Waals surface area contributed by atoms with Crippen molar-refractivity contribution in [1.82, 2.24) is 9.78 Å². The lowest BCUT2D eigenvalue weighted by molar-refractivity contribution is 0.0716. The van der Waals surface area contributed by atoms with E-state index in [4.69, 9.17) is 14.6 Å². The van der Waals surface area contributed by atoms with Gasteiger partial charge in [-0.25, -0.2) is 4.79 Å². The highest BCUT2D eigenvalue weighted by Crippen LogP contribution is 2.40. The Labute approximate surface area is 208 Å². The molecule has 0 fully saturated rings. The fourth-order valence-corrected chi connectivity index (χ4v) is 4.86. The topological polar surface area (TPSA) is 53.4 Å². The minimum absolute atomic E-state index is 0.378. The van der Waals surface area contributed by atoms with Crippen molar-refractivity contribution in [1.29, 1.82) is 0 Å². The molecule has 174 valence electrons. The maximum absolute atomic E-state index is 13.8. The first kappa shape index (κ1) is 22.7. The van der Waals surface area contributed by atoms with Crippen LogP contribution in [-0.4, -0.2) is 22.4 Å². The summed E-state index contributed by atoms with van der Waals surface area (Å²) in [5, 5.41) is 6.45.